The van der Waals surface area contributed by atoms with Gasteiger partial charge in [-0.25, -0.2) is 4.98 Å². The van der Waals surface area contributed by atoms with Crippen molar-refractivity contribution in [2.24, 2.45) is 0 Å². The van der Waals surface area contributed by atoms with Crippen molar-refractivity contribution < 1.29 is 9.53 Å². The van der Waals surface area contributed by atoms with Crippen LogP contribution in [0.5, 0.6) is 5.75 Å². The predicted octanol–water partition coefficient (Wildman–Crippen LogP) is 4.09. The van der Waals surface area contributed by atoms with Crippen LogP contribution in [0.1, 0.15) is 10.4 Å². The Morgan fingerprint density at radius 2 is 2.08 bits per heavy atom. The van der Waals surface area contributed by atoms with E-state index in [2.05, 4.69) is 15.6 Å². The standard InChI is InChI=1S/C16H12ClN3O2S2/c1-22-10-5-2-4-9(8-10)14(21)19-15(23)20-16-18-13-11(17)6-3-7-12(13)24-16/h2-8H,1H3,(H2,18,19,20,21,23). The first-order valence-corrected chi connectivity index (χ1v) is 8.48. The monoisotopic (exact) mass is 377 g/mol. The molecule has 0 radical (unpaired) electrons. The number of methoxy groups -OCH3 is 1. The number of aromatic nitrogens is 1. The van der Waals surface area contributed by atoms with E-state index in [1.165, 1.54) is 11.3 Å². The molecule has 0 aliphatic carbocycles. The Kier molecular flexibility index (Phi) is 4.94. The van der Waals surface area contributed by atoms with Crippen LogP contribution >= 0.6 is 35.2 Å². The van der Waals surface area contributed by atoms with Gasteiger partial charge in [-0.1, -0.05) is 35.1 Å². The number of ether oxygens (including phenoxy) is 1. The van der Waals surface area contributed by atoms with Crippen LogP contribution in [0.4, 0.5) is 5.13 Å². The van der Waals surface area contributed by atoms with E-state index in [1.807, 2.05) is 12.1 Å². The van der Waals surface area contributed by atoms with Crippen LogP contribution in [-0.2, 0) is 0 Å². The number of carbonyl (C=O) groups excluding carboxylic acids is 1. The zero-order valence-corrected chi connectivity index (χ0v) is 14.9. The molecule has 0 bridgehead atoms. The number of hydrogen-bond acceptors (Lipinski definition) is 5. The maximum absolute atomic E-state index is 12.2. The lowest BCUT2D eigenvalue weighted by molar-refractivity contribution is 0.0977. The molecular formula is C16H12ClN3O2S2. The van der Waals surface area contributed by atoms with Crippen LogP contribution in [0.25, 0.3) is 10.2 Å². The molecule has 1 aromatic heterocycles. The van der Waals surface area contributed by atoms with Gasteiger partial charge in [-0.05, 0) is 42.5 Å². The number of nitrogens with one attached hydrogen (secondary N) is 2. The second-order valence-electron chi connectivity index (χ2n) is 4.75. The first kappa shape index (κ1) is 16.6. The Labute approximate surface area is 152 Å². The van der Waals surface area contributed by atoms with E-state index in [0.29, 0.717) is 27.0 Å². The maximum atomic E-state index is 12.2. The molecule has 24 heavy (non-hydrogen) atoms. The summed E-state index contributed by atoms with van der Waals surface area (Å²) in [6, 6.07) is 12.4. The molecule has 8 heteroatoms. The summed E-state index contributed by atoms with van der Waals surface area (Å²) in [5.74, 6) is 0.271. The molecule has 0 aliphatic heterocycles. The van der Waals surface area contributed by atoms with Crippen molar-refractivity contribution in [3.63, 3.8) is 0 Å². The average molecular weight is 378 g/mol. The molecule has 3 aromatic rings. The van der Waals surface area contributed by atoms with Gasteiger partial charge in [0.25, 0.3) is 5.91 Å². The van der Waals surface area contributed by atoms with Gasteiger partial charge in [0.2, 0.25) is 0 Å². The number of carbonyl (C=O) groups is 1. The smallest absolute Gasteiger partial charge is 0.257 e. The van der Waals surface area contributed by atoms with Crippen LogP contribution in [0, 0.1) is 0 Å². The van der Waals surface area contributed by atoms with Gasteiger partial charge in [0, 0.05) is 5.56 Å². The summed E-state index contributed by atoms with van der Waals surface area (Å²) in [6.07, 6.45) is 0. The van der Waals surface area contributed by atoms with E-state index in [9.17, 15) is 4.79 Å². The largest absolute Gasteiger partial charge is 0.497 e. The molecule has 0 fully saturated rings. The molecule has 0 aliphatic rings. The molecule has 1 heterocycles. The summed E-state index contributed by atoms with van der Waals surface area (Å²) in [5, 5.41) is 6.82. The number of thiazole rings is 1. The number of amides is 1. The highest BCUT2D eigenvalue weighted by Gasteiger charge is 2.11. The Morgan fingerprint density at radius 1 is 1.29 bits per heavy atom. The summed E-state index contributed by atoms with van der Waals surface area (Å²) >= 11 is 12.7. The Balaban J connectivity index is 1.70. The van der Waals surface area contributed by atoms with Crippen LogP contribution in [-0.4, -0.2) is 23.1 Å². The van der Waals surface area contributed by atoms with Crippen LogP contribution in [0.2, 0.25) is 5.02 Å². The Bertz CT molecular complexity index is 927. The number of rotatable bonds is 3. The van der Waals surface area contributed by atoms with Crippen molar-refractivity contribution in [3.05, 3.63) is 53.1 Å². The number of nitrogens with zero attached hydrogens (tertiary/aromatic N) is 1. The molecule has 5 nitrogen and oxygen atoms in total. The molecule has 0 saturated heterocycles. The first-order chi connectivity index (χ1) is 11.6. The molecular weight excluding hydrogens is 366 g/mol. The highest BCUT2D eigenvalue weighted by Crippen LogP contribution is 2.30. The first-order valence-electron chi connectivity index (χ1n) is 6.88. The van der Waals surface area contributed by atoms with Gasteiger partial charge in [-0.3, -0.25) is 10.1 Å². The fourth-order valence-electron chi connectivity index (χ4n) is 2.04. The Hall–Kier alpha value is -2.22. The minimum Gasteiger partial charge on any atom is -0.497 e. The van der Waals surface area contributed by atoms with Crippen molar-refractivity contribution in [1.29, 1.82) is 0 Å². The summed E-state index contributed by atoms with van der Waals surface area (Å²) < 4.78 is 6.04. The van der Waals surface area contributed by atoms with Crippen molar-refractivity contribution in [3.8, 4) is 5.75 Å². The van der Waals surface area contributed by atoms with E-state index in [1.54, 1.807) is 37.4 Å². The number of fused-ring (bicyclic) bond motifs is 1. The minimum atomic E-state index is -0.328. The molecule has 2 N–H and O–H groups in total. The highest BCUT2D eigenvalue weighted by molar-refractivity contribution is 7.80. The van der Waals surface area contributed by atoms with Crippen molar-refractivity contribution >= 4 is 61.5 Å². The topological polar surface area (TPSA) is 63.2 Å². The van der Waals surface area contributed by atoms with E-state index in [0.717, 1.165) is 4.70 Å². The number of anilines is 1. The fraction of sp³-hybridized carbons (Fsp3) is 0.0625. The number of thiocarbonyl (C=S) groups is 1. The predicted molar refractivity (Wildman–Crippen MR) is 101 cm³/mol. The third-order valence-electron chi connectivity index (χ3n) is 3.15. The second kappa shape index (κ2) is 7.12. The van der Waals surface area contributed by atoms with Crippen molar-refractivity contribution in [2.75, 3.05) is 12.4 Å². The van der Waals surface area contributed by atoms with Crippen molar-refractivity contribution in [2.45, 2.75) is 0 Å². The number of halogens is 1. The molecule has 122 valence electrons. The zero-order valence-electron chi connectivity index (χ0n) is 12.5. The van der Waals surface area contributed by atoms with E-state index in [4.69, 9.17) is 28.6 Å². The van der Waals surface area contributed by atoms with Crippen molar-refractivity contribution in [1.82, 2.24) is 10.3 Å². The normalized spacial score (nSPS) is 10.4. The van der Waals surface area contributed by atoms with Gasteiger partial charge < -0.3 is 10.1 Å². The van der Waals surface area contributed by atoms with Crippen LogP contribution < -0.4 is 15.4 Å². The highest BCUT2D eigenvalue weighted by atomic mass is 35.5. The van der Waals surface area contributed by atoms with Gasteiger partial charge >= 0.3 is 0 Å². The quantitative estimate of drug-likeness (QED) is 0.673. The molecule has 0 unspecified atom stereocenters. The number of benzene rings is 2. The van der Waals surface area contributed by atoms with Gasteiger partial charge in [-0.2, -0.15) is 0 Å². The summed E-state index contributed by atoms with van der Waals surface area (Å²) in [7, 11) is 1.54. The lowest BCUT2D eigenvalue weighted by Gasteiger charge is -2.08. The number of para-hydroxylation sites is 1. The Morgan fingerprint density at radius 3 is 2.83 bits per heavy atom. The third kappa shape index (κ3) is 3.64. The molecule has 1 amide bonds. The molecule has 3 rings (SSSR count). The van der Waals surface area contributed by atoms with Gasteiger partial charge in [0.1, 0.15) is 11.3 Å². The average Bonchev–Trinajstić information content (AvgIpc) is 2.98. The molecule has 2 aromatic carbocycles. The fourth-order valence-corrected chi connectivity index (χ4v) is 3.46. The molecule has 0 saturated carbocycles. The maximum Gasteiger partial charge on any atom is 0.257 e. The third-order valence-corrected chi connectivity index (χ3v) is 4.59. The SMILES string of the molecule is COc1cccc(C(=O)NC(=S)Nc2nc3c(Cl)cccc3s2)c1. The summed E-state index contributed by atoms with van der Waals surface area (Å²) in [6.45, 7) is 0. The lowest BCUT2D eigenvalue weighted by atomic mass is 10.2. The van der Waals surface area contributed by atoms with Gasteiger partial charge in [0.05, 0.1) is 16.8 Å². The molecule has 0 spiro atoms. The molecule has 0 atom stereocenters. The number of hydrogen-bond donors (Lipinski definition) is 2. The minimum absolute atomic E-state index is 0.165. The second-order valence-corrected chi connectivity index (χ2v) is 6.59. The van der Waals surface area contributed by atoms with E-state index < -0.39 is 0 Å². The van der Waals surface area contributed by atoms with E-state index in [-0.39, 0.29) is 11.0 Å². The van der Waals surface area contributed by atoms with Gasteiger partial charge in [0.15, 0.2) is 10.2 Å². The lowest BCUT2D eigenvalue weighted by Crippen LogP contribution is -2.34. The zero-order chi connectivity index (χ0) is 17.1. The summed E-state index contributed by atoms with van der Waals surface area (Å²) in [5.41, 5.74) is 1.15. The van der Waals surface area contributed by atoms with Crippen LogP contribution in [0.3, 0.4) is 0 Å². The van der Waals surface area contributed by atoms with Crippen LogP contribution in [0.15, 0.2) is 42.5 Å². The van der Waals surface area contributed by atoms with Gasteiger partial charge in [-0.15, -0.1) is 0 Å². The summed E-state index contributed by atoms with van der Waals surface area (Å²) in [4.78, 5) is 16.6. The van der Waals surface area contributed by atoms with E-state index >= 15 is 0 Å².